The Bertz CT molecular complexity index is 3020. The largest absolute Gasteiger partial charge is 0.487 e. The molecule has 10 rings (SSSR count). The minimum Gasteiger partial charge on any atom is -0.487 e. The van der Waals surface area contributed by atoms with Crippen molar-refractivity contribution in [3.63, 3.8) is 0 Å². The van der Waals surface area contributed by atoms with E-state index in [1.807, 2.05) is 24.5 Å². The Labute approximate surface area is 364 Å². The van der Waals surface area contributed by atoms with Crippen molar-refractivity contribution in [3.05, 3.63) is 176 Å². The van der Waals surface area contributed by atoms with Crippen LogP contribution in [0.15, 0.2) is 170 Å². The minimum absolute atomic E-state index is 0.0306. The van der Waals surface area contributed by atoms with Crippen molar-refractivity contribution < 1.29 is 4.74 Å². The van der Waals surface area contributed by atoms with E-state index in [-0.39, 0.29) is 11.0 Å². The van der Waals surface area contributed by atoms with Crippen LogP contribution in [0.4, 0.5) is 0 Å². The van der Waals surface area contributed by atoms with Gasteiger partial charge in [0.1, 0.15) is 11.4 Å². The second-order valence-electron chi connectivity index (χ2n) is 17.9. The molecule has 10 aromatic rings. The second-order valence-corrected chi connectivity index (χ2v) is 17.9. The number of ether oxygens (including phenoxy) is 1. The summed E-state index contributed by atoms with van der Waals surface area (Å²) in [5.41, 5.74) is 16.2. The highest BCUT2D eigenvalue weighted by molar-refractivity contribution is 6.08. The Kier molecular flexibility index (Phi) is 9.79. The number of para-hydroxylation sites is 2. The first kappa shape index (κ1) is 39.2. The Morgan fingerprint density at radius 2 is 0.968 bits per heavy atom. The molecule has 0 fully saturated rings. The number of fused-ring (bicyclic) bond motifs is 6. The van der Waals surface area contributed by atoms with E-state index in [1.165, 1.54) is 5.56 Å². The van der Waals surface area contributed by atoms with Gasteiger partial charge in [-0.2, -0.15) is 0 Å². The van der Waals surface area contributed by atoms with Gasteiger partial charge in [-0.25, -0.2) is 0 Å². The van der Waals surface area contributed by atoms with E-state index in [4.69, 9.17) is 14.7 Å². The summed E-state index contributed by atoms with van der Waals surface area (Å²) in [7, 11) is 0. The molecule has 0 radical (unpaired) electrons. The fraction of sp³-hybridized carbons (Fsp3) is 0.193. The Balaban J connectivity index is 1.20. The number of benzene rings is 6. The van der Waals surface area contributed by atoms with Crippen LogP contribution in [-0.2, 0) is 5.41 Å². The molecule has 0 N–H and O–H groups in total. The smallest absolute Gasteiger partial charge is 0.135 e. The van der Waals surface area contributed by atoms with Crippen LogP contribution >= 0.6 is 0 Å². The standard InChI is InChI=1S/C57H52N4O/c1-7-30-57(5,6)62-55-47(39-18-10-9-11-19-39)35-42(56(3,4)8-2)36-48(55)40-28-26-38(27-29-40)41-33-43(60-49-22-14-12-20-45(49)53-51(60)24-16-31-58-53)37-44(34-41)61-50-23-15-13-21-46(50)54-52(61)25-17-32-59-54/h9-29,31-37H,7-8,30H2,1-6H3. The van der Waals surface area contributed by atoms with Crippen LogP contribution in [0.1, 0.15) is 66.4 Å². The summed E-state index contributed by atoms with van der Waals surface area (Å²) < 4.78 is 11.9. The molecule has 5 nitrogen and oxygen atoms in total. The predicted molar refractivity (Wildman–Crippen MR) is 260 cm³/mol. The van der Waals surface area contributed by atoms with Crippen molar-refractivity contribution in [2.75, 3.05) is 0 Å². The van der Waals surface area contributed by atoms with Gasteiger partial charge in [-0.1, -0.05) is 125 Å². The number of rotatable bonds is 11. The lowest BCUT2D eigenvalue weighted by Gasteiger charge is -2.32. The molecule has 0 atom stereocenters. The second kappa shape index (κ2) is 15.5. The quantitative estimate of drug-likeness (QED) is 0.131. The van der Waals surface area contributed by atoms with Gasteiger partial charge in [-0.3, -0.25) is 9.97 Å². The summed E-state index contributed by atoms with van der Waals surface area (Å²) >= 11 is 0. The molecular weight excluding hydrogens is 757 g/mol. The van der Waals surface area contributed by atoms with E-state index >= 15 is 0 Å². The summed E-state index contributed by atoms with van der Waals surface area (Å²) in [6, 6.07) is 57.1. The van der Waals surface area contributed by atoms with Gasteiger partial charge < -0.3 is 13.9 Å². The monoisotopic (exact) mass is 808 g/mol. The maximum atomic E-state index is 7.17. The van der Waals surface area contributed by atoms with Crippen molar-refractivity contribution in [1.82, 2.24) is 19.1 Å². The normalized spacial score (nSPS) is 12.2. The van der Waals surface area contributed by atoms with Gasteiger partial charge in [0.05, 0.1) is 33.1 Å². The van der Waals surface area contributed by atoms with Crippen LogP contribution < -0.4 is 4.74 Å². The molecule has 4 heterocycles. The maximum Gasteiger partial charge on any atom is 0.135 e. The Hall–Kier alpha value is -6.98. The summed E-state index contributed by atoms with van der Waals surface area (Å²) in [5.74, 6) is 0.933. The van der Waals surface area contributed by atoms with E-state index < -0.39 is 0 Å². The summed E-state index contributed by atoms with van der Waals surface area (Å²) in [4.78, 5) is 9.75. The molecule has 0 bridgehead atoms. The summed E-state index contributed by atoms with van der Waals surface area (Å²) in [6.07, 6.45) is 6.78. The van der Waals surface area contributed by atoms with Crippen LogP contribution in [0.5, 0.6) is 5.75 Å². The van der Waals surface area contributed by atoms with Crippen LogP contribution in [0.2, 0.25) is 0 Å². The van der Waals surface area contributed by atoms with Gasteiger partial charge in [0.2, 0.25) is 0 Å². The Morgan fingerprint density at radius 3 is 1.50 bits per heavy atom. The number of aromatic nitrogens is 4. The van der Waals surface area contributed by atoms with Crippen LogP contribution in [0.25, 0.3) is 88.6 Å². The number of pyridine rings is 2. The van der Waals surface area contributed by atoms with Gasteiger partial charge >= 0.3 is 0 Å². The van der Waals surface area contributed by atoms with Gasteiger partial charge in [0, 0.05) is 45.7 Å². The van der Waals surface area contributed by atoms with Crippen LogP contribution in [0.3, 0.4) is 0 Å². The molecule has 0 saturated carbocycles. The van der Waals surface area contributed by atoms with E-state index in [2.05, 4.69) is 196 Å². The van der Waals surface area contributed by atoms with E-state index in [9.17, 15) is 0 Å². The topological polar surface area (TPSA) is 44.9 Å². The number of nitrogens with zero attached hydrogens (tertiary/aromatic N) is 4. The van der Waals surface area contributed by atoms with Gasteiger partial charge in [0.15, 0.2) is 0 Å². The number of hydrogen-bond donors (Lipinski definition) is 0. The average Bonchev–Trinajstić information content (AvgIpc) is 3.82. The van der Waals surface area contributed by atoms with E-state index in [1.54, 1.807) is 0 Å². The molecule has 0 amide bonds. The SMILES string of the molecule is CCCC(C)(C)Oc1c(-c2ccccc2)cc(C(C)(C)CC)cc1-c1ccc(-c2cc(-n3c4ccccc4c4ncccc43)cc(-n3c4ccccc4c4ncccc43)c2)cc1. The third-order valence-electron chi connectivity index (χ3n) is 12.9. The predicted octanol–water partition coefficient (Wildman–Crippen LogP) is 15.3. The molecule has 6 aromatic carbocycles. The fourth-order valence-corrected chi connectivity index (χ4v) is 9.30. The average molecular weight is 809 g/mol. The molecule has 0 aliphatic heterocycles. The molecule has 306 valence electrons. The first-order valence-electron chi connectivity index (χ1n) is 22.0. The van der Waals surface area contributed by atoms with Crippen molar-refractivity contribution in [1.29, 1.82) is 0 Å². The highest BCUT2D eigenvalue weighted by Crippen LogP contribution is 2.46. The lowest BCUT2D eigenvalue weighted by Crippen LogP contribution is -2.28. The van der Waals surface area contributed by atoms with Gasteiger partial charge in [-0.15, -0.1) is 0 Å². The molecule has 0 spiro atoms. The van der Waals surface area contributed by atoms with Crippen molar-refractivity contribution in [3.8, 4) is 50.5 Å². The third kappa shape index (κ3) is 6.82. The lowest BCUT2D eigenvalue weighted by molar-refractivity contribution is 0.1000. The number of hydrogen-bond acceptors (Lipinski definition) is 3. The van der Waals surface area contributed by atoms with E-state index in [0.717, 1.165) is 114 Å². The molecule has 4 aromatic heterocycles. The van der Waals surface area contributed by atoms with Gasteiger partial charge in [0.25, 0.3) is 0 Å². The van der Waals surface area contributed by atoms with Crippen LogP contribution in [-0.4, -0.2) is 24.7 Å². The highest BCUT2D eigenvalue weighted by Gasteiger charge is 2.28. The third-order valence-corrected chi connectivity index (χ3v) is 12.9. The van der Waals surface area contributed by atoms with Crippen molar-refractivity contribution in [2.24, 2.45) is 0 Å². The van der Waals surface area contributed by atoms with E-state index in [0.29, 0.717) is 0 Å². The molecule has 0 aliphatic rings. The van der Waals surface area contributed by atoms with Gasteiger partial charge in [-0.05, 0) is 127 Å². The molecule has 0 unspecified atom stereocenters. The maximum absolute atomic E-state index is 7.17. The van der Waals surface area contributed by atoms with Crippen LogP contribution in [0, 0.1) is 0 Å². The fourth-order valence-electron chi connectivity index (χ4n) is 9.30. The molecule has 0 saturated heterocycles. The lowest BCUT2D eigenvalue weighted by atomic mass is 9.79. The zero-order chi connectivity index (χ0) is 42.6. The molecule has 0 aliphatic carbocycles. The first-order chi connectivity index (χ1) is 30.1. The highest BCUT2D eigenvalue weighted by atomic mass is 16.5. The molecular formula is C57H52N4O. The van der Waals surface area contributed by atoms with Crippen molar-refractivity contribution in [2.45, 2.75) is 71.8 Å². The van der Waals surface area contributed by atoms with Crippen molar-refractivity contribution >= 4 is 43.9 Å². The Morgan fingerprint density at radius 1 is 0.484 bits per heavy atom. The summed E-state index contributed by atoms with van der Waals surface area (Å²) in [5, 5.41) is 2.26. The first-order valence-corrected chi connectivity index (χ1v) is 22.0. The zero-order valence-corrected chi connectivity index (χ0v) is 36.5. The molecule has 62 heavy (non-hydrogen) atoms. The minimum atomic E-state index is -0.351. The zero-order valence-electron chi connectivity index (χ0n) is 36.5. The molecule has 5 heteroatoms. The summed E-state index contributed by atoms with van der Waals surface area (Å²) in [6.45, 7) is 13.6.